The summed E-state index contributed by atoms with van der Waals surface area (Å²) in [5.74, 6) is 0. The van der Waals surface area contributed by atoms with Gasteiger partial charge in [0.15, 0.2) is 0 Å². The number of aryl methyl sites for hydroxylation is 1. The van der Waals surface area contributed by atoms with E-state index in [-0.39, 0.29) is 0 Å². The largest absolute Gasteiger partial charge is 0.398 e. The Bertz CT molecular complexity index is 307. The molecule has 1 aromatic carbocycles. The van der Waals surface area contributed by atoms with Crippen LogP contribution in [0.15, 0.2) is 18.2 Å². The first-order valence-corrected chi connectivity index (χ1v) is 4.24. The first-order valence-electron chi connectivity index (χ1n) is 3.84. The predicted octanol–water partition coefficient (Wildman–Crippen LogP) is 1.47. The second kappa shape index (κ2) is 3.54. The van der Waals surface area contributed by atoms with E-state index in [4.69, 9.17) is 23.7 Å². The van der Waals surface area contributed by atoms with Gasteiger partial charge in [-0.3, -0.25) is 0 Å². The van der Waals surface area contributed by atoms with E-state index in [1.165, 1.54) is 0 Å². The maximum Gasteiger partial charge on any atom is 0.106 e. The van der Waals surface area contributed by atoms with Crippen LogP contribution in [0.25, 0.3) is 0 Å². The zero-order chi connectivity index (χ0) is 9.14. The molecule has 1 rings (SSSR count). The van der Waals surface area contributed by atoms with Crippen LogP contribution >= 0.6 is 12.2 Å². The summed E-state index contributed by atoms with van der Waals surface area (Å²) in [7, 11) is 0. The fourth-order valence-corrected chi connectivity index (χ4v) is 1.46. The van der Waals surface area contributed by atoms with Gasteiger partial charge in [-0.2, -0.15) is 0 Å². The molecular weight excluding hydrogens is 168 g/mol. The standard InChI is InChI=1S/C9H12N2S/c1-2-6-4-3-5-7(10)8(6)9(11)12/h3-5H,2,10H2,1H3,(H2,11,12). The van der Waals surface area contributed by atoms with Crippen LogP contribution in [0.3, 0.4) is 0 Å². The van der Waals surface area contributed by atoms with Crippen LogP contribution in [-0.2, 0) is 6.42 Å². The second-order valence-corrected chi connectivity index (χ2v) is 3.04. The SMILES string of the molecule is CCc1cccc(N)c1C(N)=S. The fraction of sp³-hybridized carbons (Fsp3) is 0.222. The summed E-state index contributed by atoms with van der Waals surface area (Å²) in [6, 6.07) is 5.72. The lowest BCUT2D eigenvalue weighted by Gasteiger charge is -2.08. The molecule has 0 saturated heterocycles. The number of anilines is 1. The van der Waals surface area contributed by atoms with E-state index >= 15 is 0 Å². The minimum absolute atomic E-state index is 0.380. The average Bonchev–Trinajstić information content (AvgIpc) is 2.03. The topological polar surface area (TPSA) is 52.0 Å². The molecule has 0 heterocycles. The van der Waals surface area contributed by atoms with Crippen molar-refractivity contribution in [3.63, 3.8) is 0 Å². The number of hydrogen-bond donors (Lipinski definition) is 2. The van der Waals surface area contributed by atoms with Crippen LogP contribution in [0.2, 0.25) is 0 Å². The summed E-state index contributed by atoms with van der Waals surface area (Å²) in [5.41, 5.74) is 13.9. The third-order valence-corrected chi connectivity index (χ3v) is 2.01. The number of hydrogen-bond acceptors (Lipinski definition) is 2. The molecule has 12 heavy (non-hydrogen) atoms. The van der Waals surface area contributed by atoms with Gasteiger partial charge in [-0.15, -0.1) is 0 Å². The minimum Gasteiger partial charge on any atom is -0.398 e. The Morgan fingerprint density at radius 1 is 1.50 bits per heavy atom. The van der Waals surface area contributed by atoms with Gasteiger partial charge in [-0.25, -0.2) is 0 Å². The molecule has 0 amide bonds. The van der Waals surface area contributed by atoms with E-state index in [0.717, 1.165) is 17.5 Å². The minimum atomic E-state index is 0.380. The smallest absolute Gasteiger partial charge is 0.106 e. The predicted molar refractivity (Wildman–Crippen MR) is 56.1 cm³/mol. The van der Waals surface area contributed by atoms with E-state index in [9.17, 15) is 0 Å². The van der Waals surface area contributed by atoms with Crippen molar-refractivity contribution < 1.29 is 0 Å². The van der Waals surface area contributed by atoms with Gasteiger partial charge in [0.2, 0.25) is 0 Å². The normalized spacial score (nSPS) is 9.75. The molecule has 0 bridgehead atoms. The van der Waals surface area contributed by atoms with Gasteiger partial charge in [-0.05, 0) is 18.1 Å². The first kappa shape index (κ1) is 9.00. The van der Waals surface area contributed by atoms with Gasteiger partial charge in [-0.1, -0.05) is 31.3 Å². The number of rotatable bonds is 2. The quantitative estimate of drug-likeness (QED) is 0.535. The maximum atomic E-state index is 5.73. The van der Waals surface area contributed by atoms with Crippen LogP contribution in [0.4, 0.5) is 5.69 Å². The Labute approximate surface area is 77.6 Å². The Morgan fingerprint density at radius 2 is 2.17 bits per heavy atom. The molecule has 1 aromatic rings. The fourth-order valence-electron chi connectivity index (χ4n) is 1.22. The highest BCUT2D eigenvalue weighted by Gasteiger charge is 2.06. The maximum absolute atomic E-state index is 5.73. The van der Waals surface area contributed by atoms with Crippen molar-refractivity contribution in [3.8, 4) is 0 Å². The zero-order valence-electron chi connectivity index (χ0n) is 7.00. The summed E-state index contributed by atoms with van der Waals surface area (Å²) >= 11 is 4.90. The van der Waals surface area contributed by atoms with Crippen molar-refractivity contribution in [1.29, 1.82) is 0 Å². The Hall–Kier alpha value is -1.09. The van der Waals surface area contributed by atoms with Crippen LogP contribution in [0.5, 0.6) is 0 Å². The molecule has 3 heteroatoms. The van der Waals surface area contributed by atoms with E-state index in [0.29, 0.717) is 10.7 Å². The number of nitrogens with two attached hydrogens (primary N) is 2. The van der Waals surface area contributed by atoms with Gasteiger partial charge >= 0.3 is 0 Å². The summed E-state index contributed by atoms with van der Waals surface area (Å²) in [5, 5.41) is 0. The van der Waals surface area contributed by atoms with Crippen molar-refractivity contribution in [2.75, 3.05) is 5.73 Å². The molecule has 0 aliphatic heterocycles. The molecule has 64 valence electrons. The molecule has 0 saturated carbocycles. The van der Waals surface area contributed by atoms with Crippen LogP contribution < -0.4 is 11.5 Å². The second-order valence-electron chi connectivity index (χ2n) is 2.60. The number of nitrogen functional groups attached to an aromatic ring is 1. The Balaban J connectivity index is 3.29. The third kappa shape index (κ3) is 1.56. The molecule has 0 fully saturated rings. The molecule has 0 aliphatic rings. The van der Waals surface area contributed by atoms with Crippen molar-refractivity contribution in [2.24, 2.45) is 5.73 Å². The number of benzene rings is 1. The molecule has 0 unspecified atom stereocenters. The molecular formula is C9H12N2S. The van der Waals surface area contributed by atoms with E-state index < -0.39 is 0 Å². The molecule has 2 nitrogen and oxygen atoms in total. The van der Waals surface area contributed by atoms with Crippen LogP contribution in [0.1, 0.15) is 18.1 Å². The van der Waals surface area contributed by atoms with Crippen molar-refractivity contribution in [2.45, 2.75) is 13.3 Å². The van der Waals surface area contributed by atoms with Crippen molar-refractivity contribution >= 4 is 22.9 Å². The zero-order valence-corrected chi connectivity index (χ0v) is 7.82. The van der Waals surface area contributed by atoms with Crippen molar-refractivity contribution in [1.82, 2.24) is 0 Å². The summed E-state index contributed by atoms with van der Waals surface area (Å²) < 4.78 is 0. The van der Waals surface area contributed by atoms with Crippen LogP contribution in [0, 0.1) is 0 Å². The van der Waals surface area contributed by atoms with E-state index in [1.807, 2.05) is 18.2 Å². The molecule has 0 aromatic heterocycles. The van der Waals surface area contributed by atoms with E-state index in [2.05, 4.69) is 6.92 Å². The third-order valence-electron chi connectivity index (χ3n) is 1.81. The molecule has 0 atom stereocenters. The number of thiocarbonyl (C=S) groups is 1. The van der Waals surface area contributed by atoms with Gasteiger partial charge in [0.25, 0.3) is 0 Å². The van der Waals surface area contributed by atoms with Gasteiger partial charge < -0.3 is 11.5 Å². The molecule has 4 N–H and O–H groups in total. The monoisotopic (exact) mass is 180 g/mol. The van der Waals surface area contributed by atoms with Crippen LogP contribution in [-0.4, -0.2) is 4.99 Å². The molecule has 0 radical (unpaired) electrons. The summed E-state index contributed by atoms with van der Waals surface area (Å²) in [6.45, 7) is 2.05. The van der Waals surface area contributed by atoms with Gasteiger partial charge in [0.05, 0.1) is 0 Å². The first-order chi connectivity index (χ1) is 5.66. The Morgan fingerprint density at radius 3 is 2.58 bits per heavy atom. The highest BCUT2D eigenvalue weighted by molar-refractivity contribution is 7.80. The molecule has 0 aliphatic carbocycles. The van der Waals surface area contributed by atoms with E-state index in [1.54, 1.807) is 0 Å². The Kier molecular flexibility index (Phi) is 2.65. The van der Waals surface area contributed by atoms with Gasteiger partial charge in [0, 0.05) is 11.3 Å². The highest BCUT2D eigenvalue weighted by Crippen LogP contribution is 2.16. The average molecular weight is 180 g/mol. The lowest BCUT2D eigenvalue weighted by Crippen LogP contribution is -2.14. The highest BCUT2D eigenvalue weighted by atomic mass is 32.1. The van der Waals surface area contributed by atoms with Gasteiger partial charge in [0.1, 0.15) is 4.99 Å². The summed E-state index contributed by atoms with van der Waals surface area (Å²) in [6.07, 6.45) is 0.901. The van der Waals surface area contributed by atoms with Crippen molar-refractivity contribution in [3.05, 3.63) is 29.3 Å². The lowest BCUT2D eigenvalue weighted by atomic mass is 10.0. The lowest BCUT2D eigenvalue weighted by molar-refractivity contribution is 1.13. The summed E-state index contributed by atoms with van der Waals surface area (Å²) in [4.78, 5) is 0.380. The molecule has 0 spiro atoms.